The van der Waals surface area contributed by atoms with Crippen molar-refractivity contribution in [3.05, 3.63) is 33.9 Å². The minimum absolute atomic E-state index is 0.139. The number of hydrogen-bond acceptors (Lipinski definition) is 5. The number of amides is 1. The summed E-state index contributed by atoms with van der Waals surface area (Å²) >= 11 is 0. The highest BCUT2D eigenvalue weighted by atomic mass is 16.6. The molecule has 0 radical (unpaired) electrons. The molecule has 18 heavy (non-hydrogen) atoms. The third-order valence-electron chi connectivity index (χ3n) is 2.69. The Morgan fingerprint density at radius 3 is 2.94 bits per heavy atom. The largest absolute Gasteiger partial charge is 0.508 e. The third-order valence-corrected chi connectivity index (χ3v) is 2.69. The second-order valence-electron chi connectivity index (χ2n) is 3.99. The summed E-state index contributed by atoms with van der Waals surface area (Å²) in [5, 5.41) is 22.7. The van der Waals surface area contributed by atoms with Gasteiger partial charge in [-0.2, -0.15) is 0 Å². The van der Waals surface area contributed by atoms with Crippen LogP contribution in [0.15, 0.2) is 18.2 Å². The molecule has 1 fully saturated rings. The number of nitrogens with zero attached hydrogens (tertiary/aromatic N) is 1. The van der Waals surface area contributed by atoms with E-state index in [1.54, 1.807) is 0 Å². The monoisotopic (exact) mass is 252 g/mol. The number of phenols is 1. The maximum Gasteiger partial charge on any atom is 0.282 e. The number of benzene rings is 1. The van der Waals surface area contributed by atoms with Crippen molar-refractivity contribution < 1.29 is 19.6 Å². The summed E-state index contributed by atoms with van der Waals surface area (Å²) in [6.45, 7) is 0.964. The predicted octanol–water partition coefficient (Wildman–Crippen LogP) is 0.819. The van der Waals surface area contributed by atoms with E-state index in [9.17, 15) is 20.0 Å². The second kappa shape index (κ2) is 5.01. The van der Waals surface area contributed by atoms with Crippen LogP contribution in [0.4, 0.5) is 5.69 Å². The molecule has 0 saturated carbocycles. The number of nitro groups is 1. The Morgan fingerprint density at radius 2 is 2.33 bits per heavy atom. The number of rotatable bonds is 3. The van der Waals surface area contributed by atoms with Crippen molar-refractivity contribution in [3.63, 3.8) is 0 Å². The lowest BCUT2D eigenvalue weighted by Gasteiger charge is -2.10. The van der Waals surface area contributed by atoms with Gasteiger partial charge in [0, 0.05) is 12.7 Å². The number of nitro benzene ring substituents is 1. The second-order valence-corrected chi connectivity index (χ2v) is 3.99. The first kappa shape index (κ1) is 12.3. The van der Waals surface area contributed by atoms with Gasteiger partial charge in [0.1, 0.15) is 11.3 Å². The minimum Gasteiger partial charge on any atom is -0.508 e. The van der Waals surface area contributed by atoms with Crippen LogP contribution < -0.4 is 5.32 Å². The van der Waals surface area contributed by atoms with Gasteiger partial charge in [0.25, 0.3) is 11.6 Å². The summed E-state index contributed by atoms with van der Waals surface area (Å²) in [7, 11) is 0. The molecule has 0 bridgehead atoms. The van der Waals surface area contributed by atoms with Crippen LogP contribution in [0.3, 0.4) is 0 Å². The zero-order chi connectivity index (χ0) is 13.1. The van der Waals surface area contributed by atoms with E-state index in [-0.39, 0.29) is 23.0 Å². The van der Waals surface area contributed by atoms with Crippen LogP contribution in [0.1, 0.15) is 16.8 Å². The number of ether oxygens (including phenoxy) is 1. The molecule has 1 unspecified atom stereocenters. The highest BCUT2D eigenvalue weighted by molar-refractivity contribution is 5.98. The average Bonchev–Trinajstić information content (AvgIpc) is 2.81. The molecule has 1 aromatic rings. The smallest absolute Gasteiger partial charge is 0.282 e. The van der Waals surface area contributed by atoms with Crippen molar-refractivity contribution in [2.45, 2.75) is 12.5 Å². The van der Waals surface area contributed by atoms with Gasteiger partial charge in [0.05, 0.1) is 17.6 Å². The van der Waals surface area contributed by atoms with E-state index in [4.69, 9.17) is 4.74 Å². The zero-order valence-corrected chi connectivity index (χ0v) is 9.46. The Bertz CT molecular complexity index is 482. The molecule has 96 valence electrons. The standard InChI is InChI=1S/C11H12N2O5/c14-8-1-2-10(13(16)17)9(5-8)11(15)12-7-3-4-18-6-7/h1-2,5,7,14H,3-4,6H2,(H,12,15). The number of carbonyl (C=O) groups is 1. The molecule has 0 aliphatic carbocycles. The first-order valence-corrected chi connectivity index (χ1v) is 5.44. The molecule has 1 heterocycles. The van der Waals surface area contributed by atoms with E-state index in [1.807, 2.05) is 0 Å². The molecule has 1 saturated heterocycles. The van der Waals surface area contributed by atoms with E-state index < -0.39 is 10.8 Å². The molecule has 1 aliphatic heterocycles. The minimum atomic E-state index is -0.653. The van der Waals surface area contributed by atoms with Gasteiger partial charge in [-0.05, 0) is 18.6 Å². The first-order valence-electron chi connectivity index (χ1n) is 5.44. The van der Waals surface area contributed by atoms with Crippen LogP contribution in [-0.4, -0.2) is 35.2 Å². The van der Waals surface area contributed by atoms with Gasteiger partial charge in [-0.15, -0.1) is 0 Å². The molecule has 1 aliphatic rings. The number of aromatic hydroxyl groups is 1. The Kier molecular flexibility index (Phi) is 3.42. The van der Waals surface area contributed by atoms with Gasteiger partial charge in [0.15, 0.2) is 0 Å². The molecule has 1 atom stereocenters. The Labute approximate surface area is 103 Å². The zero-order valence-electron chi connectivity index (χ0n) is 9.46. The fourth-order valence-electron chi connectivity index (χ4n) is 1.78. The van der Waals surface area contributed by atoms with Gasteiger partial charge < -0.3 is 15.2 Å². The first-order chi connectivity index (χ1) is 8.58. The van der Waals surface area contributed by atoms with Crippen LogP contribution in [-0.2, 0) is 4.74 Å². The molecule has 0 aromatic heterocycles. The van der Waals surface area contributed by atoms with E-state index in [1.165, 1.54) is 6.07 Å². The molecule has 2 N–H and O–H groups in total. The summed E-state index contributed by atoms with van der Waals surface area (Å²) in [6.07, 6.45) is 0.679. The van der Waals surface area contributed by atoms with Crippen LogP contribution >= 0.6 is 0 Å². The van der Waals surface area contributed by atoms with Gasteiger partial charge in [-0.1, -0.05) is 0 Å². The van der Waals surface area contributed by atoms with Gasteiger partial charge in [0.2, 0.25) is 0 Å². The summed E-state index contributed by atoms with van der Waals surface area (Å²) in [5.41, 5.74) is -0.476. The maximum atomic E-state index is 11.9. The van der Waals surface area contributed by atoms with Crippen molar-refractivity contribution in [3.8, 4) is 5.75 Å². The highest BCUT2D eigenvalue weighted by Crippen LogP contribution is 2.23. The summed E-state index contributed by atoms with van der Waals surface area (Å²) in [4.78, 5) is 22.0. The normalized spacial score (nSPS) is 18.6. The molecule has 1 amide bonds. The topological polar surface area (TPSA) is 102 Å². The Balaban J connectivity index is 2.22. The molecule has 2 rings (SSSR count). The summed E-state index contributed by atoms with van der Waals surface area (Å²) < 4.78 is 5.10. The number of hydrogen-bond donors (Lipinski definition) is 2. The number of carbonyl (C=O) groups excluding carboxylic acids is 1. The van der Waals surface area contributed by atoms with Crippen LogP contribution in [0, 0.1) is 10.1 Å². The fraction of sp³-hybridized carbons (Fsp3) is 0.364. The van der Waals surface area contributed by atoms with Gasteiger partial charge >= 0.3 is 0 Å². The van der Waals surface area contributed by atoms with Crippen molar-refractivity contribution >= 4 is 11.6 Å². The van der Waals surface area contributed by atoms with Crippen LogP contribution in [0.25, 0.3) is 0 Å². The SMILES string of the molecule is O=C(NC1CCOC1)c1cc(O)ccc1[N+](=O)[O-]. The van der Waals surface area contributed by atoms with Gasteiger partial charge in [-0.3, -0.25) is 14.9 Å². The van der Waals surface area contributed by atoms with E-state index in [0.29, 0.717) is 19.6 Å². The lowest BCUT2D eigenvalue weighted by Crippen LogP contribution is -2.35. The molecule has 1 aromatic carbocycles. The molecule has 0 spiro atoms. The number of phenolic OH excluding ortho intramolecular Hbond substituents is 1. The summed E-state index contributed by atoms with van der Waals surface area (Å²) in [6, 6.07) is 3.23. The number of nitrogens with one attached hydrogen (secondary N) is 1. The van der Waals surface area contributed by atoms with Crippen molar-refractivity contribution in [1.82, 2.24) is 5.32 Å². The van der Waals surface area contributed by atoms with Gasteiger partial charge in [-0.25, -0.2) is 0 Å². The maximum absolute atomic E-state index is 11.9. The average molecular weight is 252 g/mol. The highest BCUT2D eigenvalue weighted by Gasteiger charge is 2.24. The third kappa shape index (κ3) is 2.57. The predicted molar refractivity (Wildman–Crippen MR) is 61.5 cm³/mol. The fourth-order valence-corrected chi connectivity index (χ4v) is 1.78. The quantitative estimate of drug-likeness (QED) is 0.612. The molecular formula is C11H12N2O5. The Morgan fingerprint density at radius 1 is 1.56 bits per heavy atom. The van der Waals surface area contributed by atoms with Crippen LogP contribution in [0.2, 0.25) is 0 Å². The molecule has 7 heteroatoms. The lowest BCUT2D eigenvalue weighted by atomic mass is 10.1. The van der Waals surface area contributed by atoms with E-state index >= 15 is 0 Å². The van der Waals surface area contributed by atoms with E-state index in [2.05, 4.69) is 5.32 Å². The Hall–Kier alpha value is -2.15. The van der Waals surface area contributed by atoms with Crippen molar-refractivity contribution in [2.75, 3.05) is 13.2 Å². The summed E-state index contributed by atoms with van der Waals surface area (Å²) in [5.74, 6) is -0.762. The lowest BCUT2D eigenvalue weighted by molar-refractivity contribution is -0.385. The van der Waals surface area contributed by atoms with Crippen LogP contribution in [0.5, 0.6) is 5.75 Å². The van der Waals surface area contributed by atoms with E-state index in [0.717, 1.165) is 12.1 Å². The van der Waals surface area contributed by atoms with Crippen molar-refractivity contribution in [2.24, 2.45) is 0 Å². The molecule has 7 nitrogen and oxygen atoms in total. The molecular weight excluding hydrogens is 240 g/mol. The van der Waals surface area contributed by atoms with Crippen molar-refractivity contribution in [1.29, 1.82) is 0 Å².